The topological polar surface area (TPSA) is 72.4 Å². The summed E-state index contributed by atoms with van der Waals surface area (Å²) in [4.78, 5) is 15.5. The number of ether oxygens (including phenoxy) is 2. The highest BCUT2D eigenvalue weighted by Crippen LogP contribution is 2.37. The zero-order valence-electron chi connectivity index (χ0n) is 19.5. The van der Waals surface area contributed by atoms with Crippen molar-refractivity contribution in [3.63, 3.8) is 0 Å². The number of aromatic nitrogens is 3. The van der Waals surface area contributed by atoms with Crippen molar-refractivity contribution in [3.05, 3.63) is 66.1 Å². The molecule has 0 amide bonds. The number of benzene rings is 1. The van der Waals surface area contributed by atoms with Gasteiger partial charge in [-0.2, -0.15) is 0 Å². The lowest BCUT2D eigenvalue weighted by molar-refractivity contribution is 0.122. The minimum atomic E-state index is -0.691. The summed E-state index contributed by atoms with van der Waals surface area (Å²) < 4.78 is 40.0. The molecule has 1 aliphatic rings. The third-order valence-electron chi connectivity index (χ3n) is 5.92. The first kappa shape index (κ1) is 22.9. The van der Waals surface area contributed by atoms with Gasteiger partial charge in [-0.3, -0.25) is 4.98 Å². The zero-order valence-corrected chi connectivity index (χ0v) is 19.5. The van der Waals surface area contributed by atoms with Gasteiger partial charge in [0.2, 0.25) is 5.88 Å². The number of halogens is 2. The Kier molecular flexibility index (Phi) is 6.41. The normalized spacial score (nSPS) is 13.8. The second kappa shape index (κ2) is 9.79. The van der Waals surface area contributed by atoms with Gasteiger partial charge < -0.3 is 19.7 Å². The zero-order chi connectivity index (χ0) is 24.4. The molecule has 4 aromatic rings. The van der Waals surface area contributed by atoms with Crippen LogP contribution in [0.1, 0.15) is 12.5 Å². The van der Waals surface area contributed by atoms with E-state index in [9.17, 15) is 4.39 Å². The maximum atomic E-state index is 15.0. The van der Waals surface area contributed by atoms with Crippen molar-refractivity contribution in [1.29, 1.82) is 0 Å². The number of morpholine rings is 1. The summed E-state index contributed by atoms with van der Waals surface area (Å²) in [6, 6.07) is 7.65. The van der Waals surface area contributed by atoms with Crippen molar-refractivity contribution >= 4 is 28.0 Å². The van der Waals surface area contributed by atoms with Crippen LogP contribution in [0, 0.1) is 18.6 Å². The van der Waals surface area contributed by atoms with Gasteiger partial charge >= 0.3 is 0 Å². The Morgan fingerprint density at radius 2 is 1.91 bits per heavy atom. The highest BCUT2D eigenvalue weighted by molar-refractivity contribution is 5.98. The molecule has 0 unspecified atom stereocenters. The average molecular weight is 478 g/mol. The lowest BCUT2D eigenvalue weighted by atomic mass is 10.0. The molecule has 1 aromatic carbocycles. The highest BCUT2D eigenvalue weighted by atomic mass is 19.1. The van der Waals surface area contributed by atoms with Gasteiger partial charge in [-0.25, -0.2) is 18.7 Å². The number of rotatable bonds is 6. The van der Waals surface area contributed by atoms with Gasteiger partial charge in [0.15, 0.2) is 0 Å². The molecule has 0 atom stereocenters. The molecule has 0 radical (unpaired) electrons. The molecule has 0 bridgehead atoms. The minimum Gasteiger partial charge on any atom is -0.478 e. The van der Waals surface area contributed by atoms with Crippen molar-refractivity contribution in [1.82, 2.24) is 15.0 Å². The van der Waals surface area contributed by atoms with E-state index in [0.29, 0.717) is 53.9 Å². The van der Waals surface area contributed by atoms with Gasteiger partial charge in [0.1, 0.15) is 11.6 Å². The summed E-state index contributed by atoms with van der Waals surface area (Å²) in [6.45, 7) is 7.08. The largest absolute Gasteiger partial charge is 0.478 e. The Bertz CT molecular complexity index is 1360. The fourth-order valence-electron chi connectivity index (χ4n) is 4.23. The third kappa shape index (κ3) is 4.72. The lowest BCUT2D eigenvalue weighted by Gasteiger charge is -2.28. The van der Waals surface area contributed by atoms with E-state index in [1.54, 1.807) is 24.7 Å². The fourth-order valence-corrected chi connectivity index (χ4v) is 4.23. The molecule has 1 N–H and O–H groups in total. The third-order valence-corrected chi connectivity index (χ3v) is 5.92. The van der Waals surface area contributed by atoms with Crippen LogP contribution < -0.4 is 15.0 Å². The molecule has 0 saturated carbocycles. The number of nitrogens with one attached hydrogen (secondary N) is 1. The molecular formula is C26H25F2N5O2. The van der Waals surface area contributed by atoms with Crippen LogP contribution >= 0.6 is 0 Å². The Hall–Kier alpha value is -3.85. The fraction of sp³-hybridized carbons (Fsp3) is 0.269. The average Bonchev–Trinajstić information content (AvgIpc) is 2.87. The van der Waals surface area contributed by atoms with Gasteiger partial charge in [-0.1, -0.05) is 0 Å². The van der Waals surface area contributed by atoms with E-state index in [0.717, 1.165) is 24.8 Å². The Balaban J connectivity index is 1.60. The van der Waals surface area contributed by atoms with Crippen LogP contribution in [0.4, 0.5) is 25.8 Å². The van der Waals surface area contributed by atoms with E-state index < -0.39 is 11.6 Å². The molecule has 0 aliphatic carbocycles. The second-order valence-electron chi connectivity index (χ2n) is 8.22. The standard InChI is InChI=1S/C26H25F2N5O2/c1-3-35-23-5-4-17(13-30-23)25-16(2)26(24-21(28)10-18(27)11-22(24)32-25)31-19-12-20(15-29-14-19)33-6-8-34-9-7-33/h4-5,10-15H,3,6-9H2,1-2H3,(H,31,32). The smallest absolute Gasteiger partial charge is 0.213 e. The van der Waals surface area contributed by atoms with Gasteiger partial charge in [0, 0.05) is 43.0 Å². The summed E-state index contributed by atoms with van der Waals surface area (Å²) in [7, 11) is 0. The molecule has 9 heteroatoms. The van der Waals surface area contributed by atoms with Crippen LogP contribution in [0.5, 0.6) is 5.88 Å². The van der Waals surface area contributed by atoms with E-state index in [1.165, 1.54) is 6.07 Å². The number of fused-ring (bicyclic) bond motifs is 1. The monoisotopic (exact) mass is 477 g/mol. The summed E-state index contributed by atoms with van der Waals surface area (Å²) in [5.41, 5.74) is 4.30. The Morgan fingerprint density at radius 3 is 2.66 bits per heavy atom. The molecule has 3 aromatic heterocycles. The van der Waals surface area contributed by atoms with Crippen LogP contribution in [-0.2, 0) is 4.74 Å². The van der Waals surface area contributed by atoms with Gasteiger partial charge in [0.25, 0.3) is 0 Å². The number of anilines is 3. The lowest BCUT2D eigenvalue weighted by Crippen LogP contribution is -2.36. The van der Waals surface area contributed by atoms with Gasteiger partial charge in [-0.05, 0) is 31.5 Å². The molecule has 1 saturated heterocycles. The molecule has 35 heavy (non-hydrogen) atoms. The van der Waals surface area contributed by atoms with Crippen LogP contribution in [-0.4, -0.2) is 47.9 Å². The molecule has 5 rings (SSSR count). The predicted molar refractivity (Wildman–Crippen MR) is 131 cm³/mol. The van der Waals surface area contributed by atoms with E-state index in [1.807, 2.05) is 26.0 Å². The predicted octanol–water partition coefficient (Wildman–Crippen LogP) is 5.26. The van der Waals surface area contributed by atoms with Crippen molar-refractivity contribution in [2.45, 2.75) is 13.8 Å². The molecule has 1 fully saturated rings. The van der Waals surface area contributed by atoms with E-state index in [2.05, 4.69) is 25.2 Å². The van der Waals surface area contributed by atoms with Crippen LogP contribution in [0.3, 0.4) is 0 Å². The maximum Gasteiger partial charge on any atom is 0.213 e. The first-order valence-corrected chi connectivity index (χ1v) is 11.5. The first-order chi connectivity index (χ1) is 17.0. The molecule has 4 heterocycles. The van der Waals surface area contributed by atoms with Crippen molar-refractivity contribution in [2.75, 3.05) is 43.1 Å². The minimum absolute atomic E-state index is 0.205. The molecule has 180 valence electrons. The van der Waals surface area contributed by atoms with Crippen LogP contribution in [0.2, 0.25) is 0 Å². The number of hydrogen-bond acceptors (Lipinski definition) is 7. The summed E-state index contributed by atoms with van der Waals surface area (Å²) in [6.07, 6.45) is 5.11. The van der Waals surface area contributed by atoms with Crippen molar-refractivity contribution in [3.8, 4) is 17.1 Å². The van der Waals surface area contributed by atoms with Gasteiger partial charge in [0.05, 0.1) is 65.9 Å². The summed E-state index contributed by atoms with van der Waals surface area (Å²) in [5.74, 6) is -0.882. The van der Waals surface area contributed by atoms with Crippen LogP contribution in [0.25, 0.3) is 22.2 Å². The van der Waals surface area contributed by atoms with Crippen molar-refractivity contribution < 1.29 is 18.3 Å². The summed E-state index contributed by atoms with van der Waals surface area (Å²) in [5, 5.41) is 3.54. The number of nitrogens with zero attached hydrogens (tertiary/aromatic N) is 4. The quantitative estimate of drug-likeness (QED) is 0.406. The molecule has 7 nitrogen and oxygen atoms in total. The first-order valence-electron chi connectivity index (χ1n) is 11.5. The van der Waals surface area contributed by atoms with Gasteiger partial charge in [-0.15, -0.1) is 0 Å². The van der Waals surface area contributed by atoms with E-state index >= 15 is 4.39 Å². The number of hydrogen-bond donors (Lipinski definition) is 1. The van der Waals surface area contributed by atoms with E-state index in [-0.39, 0.29) is 10.9 Å². The number of pyridine rings is 3. The Labute approximate surface area is 201 Å². The second-order valence-corrected chi connectivity index (χ2v) is 8.22. The van der Waals surface area contributed by atoms with E-state index in [4.69, 9.17) is 9.47 Å². The molecule has 0 spiro atoms. The maximum absolute atomic E-state index is 15.0. The summed E-state index contributed by atoms with van der Waals surface area (Å²) >= 11 is 0. The van der Waals surface area contributed by atoms with Crippen molar-refractivity contribution in [2.24, 2.45) is 0 Å². The Morgan fingerprint density at radius 1 is 1.09 bits per heavy atom. The SMILES string of the molecule is CCOc1ccc(-c2nc3cc(F)cc(F)c3c(Nc3cncc(N4CCOCC4)c3)c2C)cn1. The molecule has 1 aliphatic heterocycles. The highest BCUT2D eigenvalue weighted by Gasteiger charge is 2.19. The van der Waals surface area contributed by atoms with Crippen LogP contribution in [0.15, 0.2) is 48.9 Å². The molecular weight excluding hydrogens is 452 g/mol.